The van der Waals surface area contributed by atoms with E-state index in [1.807, 2.05) is 24.3 Å². The number of esters is 1. The first kappa shape index (κ1) is 32.1. The van der Waals surface area contributed by atoms with Crippen molar-refractivity contribution in [3.05, 3.63) is 59.7 Å². The number of nitrogens with zero attached hydrogens (tertiary/aromatic N) is 3. The van der Waals surface area contributed by atoms with E-state index < -0.39 is 47.7 Å². The van der Waals surface area contributed by atoms with Gasteiger partial charge in [0.05, 0.1) is 33.0 Å². The van der Waals surface area contributed by atoms with E-state index in [1.165, 1.54) is 12.0 Å². The molecule has 0 radical (unpaired) electrons. The monoisotopic (exact) mass is 609 g/mol. The van der Waals surface area contributed by atoms with Crippen LogP contribution in [-0.4, -0.2) is 72.3 Å². The second-order valence-electron chi connectivity index (χ2n) is 7.63. The summed E-state index contributed by atoms with van der Waals surface area (Å²) < 4.78 is 48.7. The molecule has 2 rings (SSSR count). The lowest BCUT2D eigenvalue weighted by molar-refractivity contribution is -0.147. The average molecular weight is 609 g/mol. The van der Waals surface area contributed by atoms with Crippen LogP contribution in [0.15, 0.2) is 53.6 Å². The summed E-state index contributed by atoms with van der Waals surface area (Å²) in [5, 5.41) is 21.7. The van der Waals surface area contributed by atoms with Crippen molar-refractivity contribution in [2.75, 3.05) is 33.8 Å². The van der Waals surface area contributed by atoms with Gasteiger partial charge in [0.25, 0.3) is 0 Å². The molecular weight excluding hydrogens is 579 g/mol. The fourth-order valence-corrected chi connectivity index (χ4v) is 5.86. The van der Waals surface area contributed by atoms with Gasteiger partial charge in [-0.2, -0.15) is 14.5 Å². The fourth-order valence-electron chi connectivity index (χ4n) is 3.14. The van der Waals surface area contributed by atoms with Crippen LogP contribution in [0.3, 0.4) is 0 Å². The van der Waals surface area contributed by atoms with Crippen LogP contribution in [0.5, 0.6) is 11.5 Å². The highest BCUT2D eigenvalue weighted by Crippen LogP contribution is 2.32. The maximum absolute atomic E-state index is 12.5. The van der Waals surface area contributed by atoms with E-state index in [9.17, 15) is 13.9 Å². The van der Waals surface area contributed by atoms with Gasteiger partial charge >= 0.3 is 5.97 Å². The molecule has 2 aromatic carbocycles. The van der Waals surface area contributed by atoms with Crippen molar-refractivity contribution in [1.82, 2.24) is 9.68 Å². The molecule has 4 unspecified atom stereocenters. The van der Waals surface area contributed by atoms with Crippen LogP contribution < -0.4 is 9.26 Å². The number of methoxy groups -OCH3 is 2. The number of carbonyl (C=O) groups is 1. The minimum atomic E-state index is -3.00. The van der Waals surface area contributed by atoms with Crippen LogP contribution in [0.1, 0.15) is 11.1 Å². The Morgan fingerprint density at radius 1 is 1.00 bits per heavy atom. The Labute approximate surface area is 227 Å². The van der Waals surface area contributed by atoms with Crippen molar-refractivity contribution in [2.45, 2.75) is 12.5 Å². The molecule has 0 fully saturated rings. The predicted molar refractivity (Wildman–Crippen MR) is 148 cm³/mol. The van der Waals surface area contributed by atoms with E-state index >= 15 is 0 Å². The van der Waals surface area contributed by atoms with Gasteiger partial charge in [-0.3, -0.25) is 18.8 Å². The zero-order valence-corrected chi connectivity index (χ0v) is 24.6. The summed E-state index contributed by atoms with van der Waals surface area (Å²) in [4.78, 5) is 13.7. The number of benzene rings is 2. The summed E-state index contributed by atoms with van der Waals surface area (Å²) in [5.41, 5.74) is 1.53. The number of ether oxygens (including phenoxy) is 2. The van der Waals surface area contributed by atoms with E-state index in [1.54, 1.807) is 49.4 Å². The normalized spacial score (nSPS) is 14.6. The largest absolute Gasteiger partial charge is 0.497 e. The molecular formula is C21H30N3O10P3S. The first-order chi connectivity index (χ1) is 18.2. The lowest BCUT2D eigenvalue weighted by Crippen LogP contribution is -2.43. The Morgan fingerprint density at radius 3 is 2.05 bits per heavy atom. The summed E-state index contributed by atoms with van der Waals surface area (Å²) in [7, 11) is -3.44. The molecule has 0 spiro atoms. The Morgan fingerprint density at radius 2 is 1.55 bits per heavy atom. The molecule has 0 bridgehead atoms. The third kappa shape index (κ3) is 10.6. The molecule has 0 heterocycles. The number of hydrazone groups is 1. The second-order valence-corrected chi connectivity index (χ2v) is 12.5. The van der Waals surface area contributed by atoms with Gasteiger partial charge in [-0.1, -0.05) is 12.1 Å². The molecule has 4 atom stereocenters. The van der Waals surface area contributed by atoms with Crippen molar-refractivity contribution < 1.29 is 47.8 Å². The van der Waals surface area contributed by atoms with Crippen LogP contribution in [0.2, 0.25) is 0 Å². The van der Waals surface area contributed by atoms with E-state index in [2.05, 4.69) is 14.5 Å². The molecule has 0 aromatic heterocycles. The maximum atomic E-state index is 12.5. The van der Waals surface area contributed by atoms with Crippen LogP contribution in [0.4, 0.5) is 0 Å². The molecule has 0 aliphatic carbocycles. The Bertz CT molecular complexity index is 1120. The third-order valence-corrected chi connectivity index (χ3v) is 8.93. The molecule has 0 saturated heterocycles. The number of hydrogen-bond acceptors (Lipinski definition) is 13. The van der Waals surface area contributed by atoms with Gasteiger partial charge in [0.15, 0.2) is 0 Å². The molecule has 210 valence electrons. The van der Waals surface area contributed by atoms with Crippen LogP contribution >= 0.6 is 23.1 Å². The molecule has 13 nitrogen and oxygen atoms in total. The average Bonchev–Trinajstić information content (AvgIpc) is 2.94. The van der Waals surface area contributed by atoms with Crippen molar-refractivity contribution in [1.29, 1.82) is 0 Å². The topological polar surface area (TPSA) is 157 Å². The highest BCUT2D eigenvalue weighted by Gasteiger charge is 2.30. The fraction of sp³-hybridized carbons (Fsp3) is 0.333. The summed E-state index contributed by atoms with van der Waals surface area (Å²) in [5.74, 6) is 0.525. The number of carbonyl (C=O) groups excluding carboxylic acids is 1. The van der Waals surface area contributed by atoms with E-state index in [4.69, 9.17) is 36.3 Å². The Hall–Kier alpha value is -2.11. The first-order valence-corrected chi connectivity index (χ1v) is 16.5. The smallest absolute Gasteiger partial charge is 0.323 e. The van der Waals surface area contributed by atoms with Gasteiger partial charge in [-0.05, 0) is 65.8 Å². The number of hydrogen-bond donors (Lipinski definition) is 2. The Kier molecular flexibility index (Phi) is 14.2. The molecule has 2 aromatic rings. The maximum Gasteiger partial charge on any atom is 0.323 e. The van der Waals surface area contributed by atoms with Gasteiger partial charge in [-0.15, -0.1) is 0 Å². The zero-order valence-electron chi connectivity index (χ0n) is 20.8. The molecule has 17 heteroatoms. The predicted octanol–water partition coefficient (Wildman–Crippen LogP) is 3.78. The third-order valence-electron chi connectivity index (χ3n) is 5.10. The molecule has 38 heavy (non-hydrogen) atoms. The van der Waals surface area contributed by atoms with Crippen LogP contribution in [0.25, 0.3) is 0 Å². The van der Waals surface area contributed by atoms with E-state index in [-0.39, 0.29) is 6.42 Å². The van der Waals surface area contributed by atoms with Crippen molar-refractivity contribution in [2.24, 2.45) is 5.10 Å². The quantitative estimate of drug-likeness (QED) is 0.0933. The lowest BCUT2D eigenvalue weighted by atomic mass is 10.1. The van der Waals surface area contributed by atoms with E-state index in [0.29, 0.717) is 11.3 Å². The summed E-state index contributed by atoms with van der Waals surface area (Å²) >= 11 is 5.47. The molecule has 0 aliphatic heterocycles. The van der Waals surface area contributed by atoms with Crippen molar-refractivity contribution in [3.8, 4) is 11.5 Å². The van der Waals surface area contributed by atoms with Gasteiger partial charge < -0.3 is 14.0 Å². The van der Waals surface area contributed by atoms with Gasteiger partial charge in [0.2, 0.25) is 23.1 Å². The van der Waals surface area contributed by atoms with Crippen LogP contribution in [-0.2, 0) is 46.2 Å². The summed E-state index contributed by atoms with van der Waals surface area (Å²) in [6, 6.07) is 13.1. The van der Waals surface area contributed by atoms with Crippen LogP contribution in [0, 0.1) is 0 Å². The van der Waals surface area contributed by atoms with Gasteiger partial charge in [0, 0.05) is 7.05 Å². The van der Waals surface area contributed by atoms with Crippen molar-refractivity contribution >= 4 is 47.1 Å². The highest BCUT2D eigenvalue weighted by atomic mass is 32.4. The Balaban J connectivity index is 2.07. The number of rotatable bonds is 16. The molecule has 0 aliphatic rings. The SMILES string of the molecule is COC(=O)C(Cc1ccc(O[PH](=S)N(C)/N=C/c2ccc(OC)cc2)cc1)N(C[PH](=O)OO)C[PH](=O)OO. The molecule has 0 saturated carbocycles. The molecule has 0 amide bonds. The zero-order chi connectivity index (χ0) is 28.1. The lowest BCUT2D eigenvalue weighted by Gasteiger charge is -2.28. The molecule has 2 N–H and O–H groups in total. The van der Waals surface area contributed by atoms with Crippen molar-refractivity contribution in [3.63, 3.8) is 0 Å². The minimum absolute atomic E-state index is 0.0614. The summed E-state index contributed by atoms with van der Waals surface area (Å²) in [6.45, 7) is 0. The first-order valence-electron chi connectivity index (χ1n) is 10.9. The van der Waals surface area contributed by atoms with Gasteiger partial charge in [0.1, 0.15) is 17.5 Å². The van der Waals surface area contributed by atoms with Gasteiger partial charge in [-0.25, -0.2) is 15.3 Å². The second kappa shape index (κ2) is 16.8. The highest BCUT2D eigenvalue weighted by molar-refractivity contribution is 8.02. The minimum Gasteiger partial charge on any atom is -0.497 e. The van der Waals surface area contributed by atoms with E-state index in [0.717, 1.165) is 11.3 Å². The summed E-state index contributed by atoms with van der Waals surface area (Å²) in [6.07, 6.45) is 0.875. The standard InChI is InChI=1S/C21H30N3O10P3S/c1-23(22-13-17-6-8-18(30-2)9-7-17)37(38)32-19-10-4-16(5-11-19)12-20(21(25)31-3)24(14-35(28)33-26)15-36(29)34-27/h4-11,13,20,26-27,35-37H,12,14-15H2,1-3H3/b22-13+.